The molecule has 0 radical (unpaired) electrons. The van der Waals surface area contributed by atoms with Crippen molar-refractivity contribution in [1.29, 1.82) is 0 Å². The molecule has 0 amide bonds. The monoisotopic (exact) mass is 695 g/mol. The summed E-state index contributed by atoms with van der Waals surface area (Å²) in [6.45, 7) is 4.75. The summed E-state index contributed by atoms with van der Waals surface area (Å²) >= 11 is 0. The third-order valence-electron chi connectivity index (χ3n) is 11.8. The van der Waals surface area contributed by atoms with Gasteiger partial charge in [-0.05, 0) is 81.9 Å². The normalized spacial score (nSPS) is 16.2. The number of aromatic nitrogens is 1. The third-order valence-corrected chi connectivity index (χ3v) is 11.8. The Bertz CT molecular complexity index is 3030. The number of fused-ring (bicyclic) bond motifs is 10. The molecule has 1 unspecified atom stereocenters. The van der Waals surface area contributed by atoms with Crippen molar-refractivity contribution >= 4 is 55.3 Å². The molecule has 0 saturated heterocycles. The summed E-state index contributed by atoms with van der Waals surface area (Å²) in [4.78, 5) is 7.63. The topological polar surface area (TPSA) is 33.7 Å². The maximum Gasteiger partial charge on any atom is 0.137 e. The Morgan fingerprint density at radius 1 is 0.593 bits per heavy atom. The molecule has 1 aliphatic carbocycles. The van der Waals surface area contributed by atoms with Gasteiger partial charge in [0.2, 0.25) is 0 Å². The van der Waals surface area contributed by atoms with Gasteiger partial charge in [0.15, 0.2) is 0 Å². The second-order valence-electron chi connectivity index (χ2n) is 15.2. The van der Waals surface area contributed by atoms with Crippen LogP contribution in [0.15, 0.2) is 173 Å². The van der Waals surface area contributed by atoms with Crippen molar-refractivity contribution in [2.24, 2.45) is 4.99 Å². The van der Waals surface area contributed by atoms with Crippen LogP contribution in [0.4, 0.5) is 0 Å². The van der Waals surface area contributed by atoms with Crippen molar-refractivity contribution in [1.82, 2.24) is 9.47 Å². The molecule has 4 nitrogen and oxygen atoms in total. The summed E-state index contributed by atoms with van der Waals surface area (Å²) in [5.74, 6) is 0.924. The molecule has 0 saturated carbocycles. The summed E-state index contributed by atoms with van der Waals surface area (Å²) in [5, 5.41) is 4.75. The van der Waals surface area contributed by atoms with Crippen LogP contribution in [-0.2, 0) is 5.41 Å². The van der Waals surface area contributed by atoms with E-state index in [1.54, 1.807) is 0 Å². The Labute approximate surface area is 313 Å². The molecule has 0 fully saturated rings. The molecule has 0 spiro atoms. The first-order valence-electron chi connectivity index (χ1n) is 18.7. The smallest absolute Gasteiger partial charge is 0.137 e. The summed E-state index contributed by atoms with van der Waals surface area (Å²) < 4.78 is 9.09. The van der Waals surface area contributed by atoms with E-state index in [1.807, 2.05) is 0 Å². The predicted molar refractivity (Wildman–Crippen MR) is 224 cm³/mol. The van der Waals surface area contributed by atoms with Gasteiger partial charge in [0.25, 0.3) is 0 Å². The zero-order valence-electron chi connectivity index (χ0n) is 30.4. The van der Waals surface area contributed by atoms with Crippen molar-refractivity contribution < 1.29 is 4.42 Å². The quantitative estimate of drug-likeness (QED) is 0.184. The van der Waals surface area contributed by atoms with E-state index in [0.717, 1.165) is 50.3 Å². The zero-order valence-corrected chi connectivity index (χ0v) is 30.4. The molecule has 54 heavy (non-hydrogen) atoms. The van der Waals surface area contributed by atoms with Gasteiger partial charge in [-0.1, -0.05) is 129 Å². The number of para-hydroxylation sites is 1. The fraction of sp³-hybridized carbons (Fsp3) is 0.100. The molecule has 4 heteroatoms. The fourth-order valence-electron chi connectivity index (χ4n) is 9.36. The van der Waals surface area contributed by atoms with Crippen LogP contribution in [0, 0.1) is 0 Å². The second-order valence-corrected chi connectivity index (χ2v) is 15.2. The lowest BCUT2D eigenvalue weighted by atomic mass is 9.80. The van der Waals surface area contributed by atoms with Crippen LogP contribution in [0.25, 0.3) is 66.3 Å². The van der Waals surface area contributed by atoms with E-state index >= 15 is 0 Å². The molecule has 1 atom stereocenters. The van der Waals surface area contributed by atoms with E-state index in [9.17, 15) is 0 Å². The number of benzene rings is 7. The van der Waals surface area contributed by atoms with Crippen molar-refractivity contribution in [2.75, 3.05) is 7.05 Å². The van der Waals surface area contributed by atoms with Gasteiger partial charge in [0.1, 0.15) is 17.0 Å². The van der Waals surface area contributed by atoms with Crippen molar-refractivity contribution in [3.63, 3.8) is 0 Å². The Hall–Kier alpha value is -6.65. The lowest BCUT2D eigenvalue weighted by Crippen LogP contribution is -2.33. The summed E-state index contributed by atoms with van der Waals surface area (Å²) in [7, 11) is 2.15. The Balaban J connectivity index is 1.14. The van der Waals surface area contributed by atoms with Gasteiger partial charge in [0, 0.05) is 34.2 Å². The van der Waals surface area contributed by atoms with Gasteiger partial charge in [0.05, 0.1) is 33.8 Å². The van der Waals surface area contributed by atoms with E-state index < -0.39 is 0 Å². The van der Waals surface area contributed by atoms with Gasteiger partial charge in [-0.25, -0.2) is 4.99 Å². The number of likely N-dealkylation sites (N-methyl/N-ethyl adjacent to an activating group) is 1. The number of hydrogen-bond acceptors (Lipinski definition) is 3. The summed E-state index contributed by atoms with van der Waals surface area (Å²) in [6.07, 6.45) is 2.27. The van der Waals surface area contributed by atoms with E-state index in [-0.39, 0.29) is 11.5 Å². The lowest BCUT2D eigenvalue weighted by molar-refractivity contribution is 0.435. The highest BCUT2D eigenvalue weighted by molar-refractivity contribution is 6.18. The molecule has 7 aromatic carbocycles. The van der Waals surface area contributed by atoms with Gasteiger partial charge in [-0.15, -0.1) is 0 Å². The highest BCUT2D eigenvalue weighted by atomic mass is 16.3. The van der Waals surface area contributed by atoms with Crippen molar-refractivity contribution in [3.8, 4) is 16.8 Å². The molecular formula is C50H37N3O. The van der Waals surface area contributed by atoms with Crippen LogP contribution >= 0.6 is 0 Å². The molecule has 0 N–H and O–H groups in total. The van der Waals surface area contributed by atoms with Crippen LogP contribution in [0.5, 0.6) is 0 Å². The van der Waals surface area contributed by atoms with Crippen LogP contribution in [-0.4, -0.2) is 22.4 Å². The fourth-order valence-corrected chi connectivity index (χ4v) is 9.36. The van der Waals surface area contributed by atoms with Crippen molar-refractivity contribution in [3.05, 3.63) is 192 Å². The Morgan fingerprint density at radius 3 is 2.20 bits per heavy atom. The van der Waals surface area contributed by atoms with Gasteiger partial charge >= 0.3 is 0 Å². The second kappa shape index (κ2) is 11.4. The van der Waals surface area contributed by atoms with Gasteiger partial charge in [-0.3, -0.25) is 0 Å². The average molecular weight is 696 g/mol. The van der Waals surface area contributed by atoms with E-state index in [1.165, 1.54) is 49.6 Å². The van der Waals surface area contributed by atoms with Gasteiger partial charge in [-0.2, -0.15) is 0 Å². The van der Waals surface area contributed by atoms with Crippen LogP contribution in [0.2, 0.25) is 0 Å². The number of rotatable bonds is 4. The standard InChI is InChI=1S/C50H37N3O/c1-50(2)38-21-12-10-19-34(38)35-26-27-42-47(48(35)50)36-20-11-13-22-40(36)53(42)41-23-14-24-45-46(41)37-29-33(25-28-44(37)54-45)49-51-39(31-15-6-4-7-16-31)30-43(52(49)3)32-17-8-5-9-18-32/h4-30,43H,1-3H3. The molecule has 0 bridgehead atoms. The molecule has 3 heterocycles. The first-order chi connectivity index (χ1) is 26.5. The Kier molecular flexibility index (Phi) is 6.54. The van der Waals surface area contributed by atoms with Crippen LogP contribution in [0.3, 0.4) is 0 Å². The number of aliphatic imine (C=N–C) groups is 1. The number of furan rings is 1. The maximum atomic E-state index is 6.64. The van der Waals surface area contributed by atoms with Crippen LogP contribution < -0.4 is 0 Å². The minimum Gasteiger partial charge on any atom is -0.456 e. The molecular weight excluding hydrogens is 659 g/mol. The number of amidine groups is 1. The minimum absolute atomic E-state index is 0.0241. The average Bonchev–Trinajstić information content (AvgIpc) is 3.84. The maximum absolute atomic E-state index is 6.64. The minimum atomic E-state index is -0.138. The number of nitrogens with zero attached hydrogens (tertiary/aromatic N) is 3. The molecule has 11 rings (SSSR count). The SMILES string of the molecule is CN1C(c2ccc3oc4cccc(-n5c6ccccc6c6c7c(ccc65)-c5ccccc5C7(C)C)c4c3c2)=NC(c2ccccc2)=CC1c1ccccc1. The molecule has 258 valence electrons. The van der Waals surface area contributed by atoms with E-state index in [4.69, 9.17) is 9.41 Å². The highest BCUT2D eigenvalue weighted by Gasteiger charge is 2.38. The summed E-state index contributed by atoms with van der Waals surface area (Å²) in [5.41, 5.74) is 14.9. The first-order valence-corrected chi connectivity index (χ1v) is 18.7. The van der Waals surface area contributed by atoms with E-state index in [0.29, 0.717) is 0 Å². The largest absolute Gasteiger partial charge is 0.456 e. The molecule has 1 aliphatic heterocycles. The first kappa shape index (κ1) is 30.9. The predicted octanol–water partition coefficient (Wildman–Crippen LogP) is 12.5. The molecule has 9 aromatic rings. The molecule has 2 aromatic heterocycles. The van der Waals surface area contributed by atoms with Crippen LogP contribution in [0.1, 0.15) is 47.7 Å². The molecule has 2 aliphatic rings. The van der Waals surface area contributed by atoms with Gasteiger partial charge < -0.3 is 13.9 Å². The third kappa shape index (κ3) is 4.34. The summed E-state index contributed by atoms with van der Waals surface area (Å²) in [6, 6.07) is 56.6. The Morgan fingerprint density at radius 2 is 1.35 bits per heavy atom. The lowest BCUT2D eigenvalue weighted by Gasteiger charge is -2.33. The van der Waals surface area contributed by atoms with E-state index in [2.05, 4.69) is 194 Å². The number of hydrogen-bond donors (Lipinski definition) is 0. The highest BCUT2D eigenvalue weighted by Crippen LogP contribution is 2.53. The zero-order chi connectivity index (χ0) is 36.1. The van der Waals surface area contributed by atoms with Crippen molar-refractivity contribution in [2.45, 2.75) is 25.3 Å².